The molecule has 0 fully saturated rings. The third kappa shape index (κ3) is 14.0. The van der Waals surface area contributed by atoms with Crippen molar-refractivity contribution in [1.82, 2.24) is 16.4 Å². The molecule has 0 aliphatic heterocycles. The Morgan fingerprint density at radius 1 is 0.632 bits per heavy atom. The van der Waals surface area contributed by atoms with Crippen LogP contribution < -0.4 is 16.4 Å². The van der Waals surface area contributed by atoms with Gasteiger partial charge in [0.1, 0.15) is 0 Å². The predicted octanol–water partition coefficient (Wildman–Crippen LogP) is 1.94. The first-order valence-corrected chi connectivity index (χ1v) is 7.50. The zero-order valence-electron chi connectivity index (χ0n) is 12.7. The highest BCUT2D eigenvalue weighted by molar-refractivity contribution is 6.35. The van der Waals surface area contributed by atoms with Gasteiger partial charge in [-0.05, 0) is 19.3 Å². The summed E-state index contributed by atoms with van der Waals surface area (Å²) >= 11 is 0. The molecule has 0 unspecified atom stereocenters. The maximum absolute atomic E-state index is 5.29. The van der Waals surface area contributed by atoms with Crippen LogP contribution in [0.15, 0.2) is 0 Å². The summed E-state index contributed by atoms with van der Waals surface area (Å²) < 4.78 is 15.9. The Morgan fingerprint density at radius 3 is 1.21 bits per heavy atom. The molecular formula is C12H30BN3O3. The molecule has 0 spiro atoms. The summed E-state index contributed by atoms with van der Waals surface area (Å²) in [6, 6.07) is 0. The molecule has 0 heterocycles. The lowest BCUT2D eigenvalue weighted by atomic mass is 10.2. The van der Waals surface area contributed by atoms with Crippen LogP contribution in [0, 0.1) is 0 Å². The Labute approximate surface area is 118 Å². The maximum atomic E-state index is 5.29. The van der Waals surface area contributed by atoms with Crippen LogP contribution in [0.25, 0.3) is 0 Å². The summed E-state index contributed by atoms with van der Waals surface area (Å²) in [5.41, 5.74) is 8.51. The van der Waals surface area contributed by atoms with E-state index in [1.165, 1.54) is 0 Å². The van der Waals surface area contributed by atoms with Crippen LogP contribution in [0.5, 0.6) is 0 Å². The zero-order valence-corrected chi connectivity index (χ0v) is 12.7. The van der Waals surface area contributed by atoms with E-state index in [1.807, 2.05) is 0 Å². The van der Waals surface area contributed by atoms with Crippen LogP contribution in [0.4, 0.5) is 0 Å². The van der Waals surface area contributed by atoms with Crippen molar-refractivity contribution in [1.29, 1.82) is 0 Å². The quantitative estimate of drug-likeness (QED) is 0.241. The molecule has 0 amide bonds. The van der Waals surface area contributed by atoms with Crippen molar-refractivity contribution in [2.24, 2.45) is 0 Å². The average Bonchev–Trinajstić information content (AvgIpc) is 2.43. The topological polar surface area (TPSA) is 63.8 Å². The second-order valence-electron chi connectivity index (χ2n) is 4.39. The normalized spacial score (nSPS) is 10.9. The summed E-state index contributed by atoms with van der Waals surface area (Å²) in [7, 11) is -0.787. The molecule has 6 nitrogen and oxygen atoms in total. The fourth-order valence-electron chi connectivity index (χ4n) is 1.20. The number of unbranched alkanes of at least 4 members (excludes halogenated alkanes) is 3. The molecule has 0 aromatic carbocycles. The van der Waals surface area contributed by atoms with E-state index >= 15 is 0 Å². The largest absolute Gasteiger partial charge is 0.692 e. The smallest absolute Gasteiger partial charge is 0.299 e. The van der Waals surface area contributed by atoms with Gasteiger partial charge in [-0.15, -0.1) is 0 Å². The van der Waals surface area contributed by atoms with Gasteiger partial charge in [-0.25, -0.2) is 16.4 Å². The monoisotopic (exact) mass is 275 g/mol. The molecule has 19 heavy (non-hydrogen) atoms. The van der Waals surface area contributed by atoms with Crippen molar-refractivity contribution < 1.29 is 14.3 Å². The van der Waals surface area contributed by atoms with Gasteiger partial charge in [-0.1, -0.05) is 40.0 Å². The van der Waals surface area contributed by atoms with E-state index in [4.69, 9.17) is 14.3 Å². The van der Waals surface area contributed by atoms with Crippen LogP contribution >= 0.6 is 0 Å². The number of hydroxylamine groups is 3. The van der Waals surface area contributed by atoms with E-state index in [0.717, 1.165) is 58.2 Å². The van der Waals surface area contributed by atoms with Gasteiger partial charge in [-0.3, -0.25) is 14.3 Å². The lowest BCUT2D eigenvalue weighted by molar-refractivity contribution is -0.00841. The first kappa shape index (κ1) is 18.8. The summed E-state index contributed by atoms with van der Waals surface area (Å²) in [4.78, 5) is 0. The second kappa shape index (κ2) is 15.9. The third-order valence-electron chi connectivity index (χ3n) is 2.44. The molecule has 0 aromatic heterocycles. The van der Waals surface area contributed by atoms with Crippen LogP contribution in [0.2, 0.25) is 0 Å². The van der Waals surface area contributed by atoms with Crippen molar-refractivity contribution in [2.45, 2.75) is 59.3 Å². The van der Waals surface area contributed by atoms with E-state index in [1.54, 1.807) is 0 Å². The van der Waals surface area contributed by atoms with Crippen molar-refractivity contribution in [3.63, 3.8) is 0 Å². The van der Waals surface area contributed by atoms with Crippen molar-refractivity contribution in [2.75, 3.05) is 19.6 Å². The molecule has 114 valence electrons. The molecule has 0 bridgehead atoms. The molecule has 7 heteroatoms. The second-order valence-corrected chi connectivity index (χ2v) is 4.39. The van der Waals surface area contributed by atoms with E-state index in [-0.39, 0.29) is 0 Å². The molecular weight excluding hydrogens is 245 g/mol. The van der Waals surface area contributed by atoms with E-state index in [2.05, 4.69) is 37.2 Å². The first-order valence-electron chi connectivity index (χ1n) is 7.50. The average molecular weight is 275 g/mol. The van der Waals surface area contributed by atoms with Gasteiger partial charge in [0.05, 0.1) is 0 Å². The highest BCUT2D eigenvalue weighted by Gasteiger charge is 2.22. The molecule has 0 aliphatic rings. The summed E-state index contributed by atoms with van der Waals surface area (Å²) in [6.45, 7) is 8.73. The lowest BCUT2D eigenvalue weighted by Gasteiger charge is -2.15. The molecule has 0 radical (unpaired) electrons. The van der Waals surface area contributed by atoms with Crippen LogP contribution in [-0.4, -0.2) is 27.0 Å². The number of nitrogens with one attached hydrogen (secondary N) is 3. The fourth-order valence-corrected chi connectivity index (χ4v) is 1.20. The molecule has 0 atom stereocenters. The van der Waals surface area contributed by atoms with E-state index < -0.39 is 7.32 Å². The number of hydrogen-bond acceptors (Lipinski definition) is 6. The predicted molar refractivity (Wildman–Crippen MR) is 77.7 cm³/mol. The molecule has 0 aliphatic carbocycles. The summed E-state index contributed by atoms with van der Waals surface area (Å²) in [5, 5.41) is 0. The number of hydrogen-bond donors (Lipinski definition) is 3. The Bertz CT molecular complexity index is 150. The summed E-state index contributed by atoms with van der Waals surface area (Å²) in [6.07, 6.45) is 6.52. The Morgan fingerprint density at radius 2 is 0.947 bits per heavy atom. The Balaban J connectivity index is 3.66. The van der Waals surface area contributed by atoms with Gasteiger partial charge in [0.2, 0.25) is 0 Å². The highest BCUT2D eigenvalue weighted by Crippen LogP contribution is 1.90. The third-order valence-corrected chi connectivity index (χ3v) is 2.44. The van der Waals surface area contributed by atoms with Gasteiger partial charge in [0.25, 0.3) is 0 Å². The van der Waals surface area contributed by atoms with Crippen LogP contribution in [0.1, 0.15) is 59.3 Å². The van der Waals surface area contributed by atoms with Crippen molar-refractivity contribution >= 4 is 7.32 Å². The van der Waals surface area contributed by atoms with Gasteiger partial charge in [0.15, 0.2) is 0 Å². The fraction of sp³-hybridized carbons (Fsp3) is 1.00. The molecule has 0 aromatic rings. The molecule has 0 saturated heterocycles. The SMILES string of the molecule is CCCCNOB(ONCCCC)ONCCCC. The highest BCUT2D eigenvalue weighted by atomic mass is 16.9. The standard InChI is InChI=1S/C12H30BN3O3/c1-4-7-10-14-17-13(18-15-11-8-5-2)19-16-12-9-6-3/h14-16H,4-12H2,1-3H3. The van der Waals surface area contributed by atoms with Gasteiger partial charge in [0, 0.05) is 19.6 Å². The minimum atomic E-state index is -0.787. The first-order chi connectivity index (χ1) is 9.35. The van der Waals surface area contributed by atoms with Crippen LogP contribution in [0.3, 0.4) is 0 Å². The summed E-state index contributed by atoms with van der Waals surface area (Å²) in [5.74, 6) is 0. The van der Waals surface area contributed by atoms with E-state index in [9.17, 15) is 0 Å². The molecule has 0 rings (SSSR count). The van der Waals surface area contributed by atoms with Crippen molar-refractivity contribution in [3.05, 3.63) is 0 Å². The zero-order chi connectivity index (χ0) is 14.2. The Kier molecular flexibility index (Phi) is 15.7. The Hall–Kier alpha value is -0.175. The minimum absolute atomic E-state index is 0.781. The number of rotatable bonds is 15. The van der Waals surface area contributed by atoms with Gasteiger partial charge < -0.3 is 0 Å². The maximum Gasteiger partial charge on any atom is 0.692 e. The van der Waals surface area contributed by atoms with Crippen LogP contribution in [-0.2, 0) is 14.3 Å². The van der Waals surface area contributed by atoms with Crippen molar-refractivity contribution in [3.8, 4) is 0 Å². The van der Waals surface area contributed by atoms with Gasteiger partial charge >= 0.3 is 7.32 Å². The lowest BCUT2D eigenvalue weighted by Crippen LogP contribution is -2.42. The van der Waals surface area contributed by atoms with E-state index in [0.29, 0.717) is 0 Å². The molecule has 3 N–H and O–H groups in total. The van der Waals surface area contributed by atoms with Gasteiger partial charge in [-0.2, -0.15) is 0 Å². The minimum Gasteiger partial charge on any atom is -0.299 e. The molecule has 0 saturated carbocycles.